The van der Waals surface area contributed by atoms with Crippen LogP contribution in [0.2, 0.25) is 0 Å². The molecule has 0 saturated carbocycles. The summed E-state index contributed by atoms with van der Waals surface area (Å²) in [5.41, 5.74) is 19.4. The van der Waals surface area contributed by atoms with Crippen LogP contribution in [0.5, 0.6) is 0 Å². The minimum absolute atomic E-state index is 0.0123. The van der Waals surface area contributed by atoms with Crippen molar-refractivity contribution >= 4 is 16.5 Å². The van der Waals surface area contributed by atoms with E-state index in [-0.39, 0.29) is 21.8 Å². The minimum atomic E-state index is -0.169. The minimum Gasteiger partial charge on any atom is -0.375 e. The van der Waals surface area contributed by atoms with Crippen molar-refractivity contribution in [1.29, 1.82) is 0 Å². The van der Waals surface area contributed by atoms with Gasteiger partial charge in [0.15, 0.2) is 0 Å². The summed E-state index contributed by atoms with van der Waals surface area (Å²) in [6.45, 7) is 19.2. The lowest BCUT2D eigenvalue weighted by Gasteiger charge is -2.36. The lowest BCUT2D eigenvalue weighted by atomic mass is 9.77. The number of hydrogen-bond donors (Lipinski definition) is 1. The first kappa shape index (κ1) is 30.4. The van der Waals surface area contributed by atoms with Gasteiger partial charge in [-0.2, -0.15) is 0 Å². The van der Waals surface area contributed by atoms with Crippen LogP contribution < -0.4 is 5.32 Å². The summed E-state index contributed by atoms with van der Waals surface area (Å²) in [6.07, 6.45) is 2.01. The van der Waals surface area contributed by atoms with Gasteiger partial charge in [-0.25, -0.2) is 0 Å². The number of rotatable bonds is 5. The summed E-state index contributed by atoms with van der Waals surface area (Å²) in [7, 11) is 0. The molecule has 49 heavy (non-hydrogen) atoms. The van der Waals surface area contributed by atoms with E-state index in [1.807, 2.05) is 0 Å². The third-order valence-corrected chi connectivity index (χ3v) is 13.1. The largest absolute Gasteiger partial charge is 0.375 e. The zero-order valence-electron chi connectivity index (χ0n) is 30.3. The zero-order valence-corrected chi connectivity index (χ0v) is 30.3. The van der Waals surface area contributed by atoms with Crippen LogP contribution in [-0.4, -0.2) is 0 Å². The van der Waals surface area contributed by atoms with E-state index in [0.29, 0.717) is 0 Å². The third kappa shape index (κ3) is 3.94. The molecule has 0 bridgehead atoms. The quantitative estimate of drug-likeness (QED) is 0.198. The van der Waals surface area contributed by atoms with E-state index in [0.717, 1.165) is 12.8 Å². The Morgan fingerprint density at radius 1 is 0.449 bits per heavy atom. The molecule has 0 saturated heterocycles. The average molecular weight is 638 g/mol. The maximum absolute atomic E-state index is 4.08. The van der Waals surface area contributed by atoms with Crippen LogP contribution >= 0.6 is 0 Å². The first-order valence-corrected chi connectivity index (χ1v) is 18.3. The lowest BCUT2D eigenvalue weighted by molar-refractivity contribution is 0.454. The van der Waals surface area contributed by atoms with E-state index < -0.39 is 0 Å². The van der Waals surface area contributed by atoms with E-state index in [9.17, 15) is 0 Å². The maximum Gasteiger partial charge on any atom is 0.0620 e. The van der Waals surface area contributed by atoms with E-state index in [2.05, 4.69) is 170 Å². The molecule has 3 aliphatic rings. The van der Waals surface area contributed by atoms with Gasteiger partial charge in [-0.15, -0.1) is 0 Å². The Hall–Kier alpha value is -4.62. The van der Waals surface area contributed by atoms with Gasteiger partial charge in [-0.1, -0.05) is 134 Å². The highest BCUT2D eigenvalue weighted by Gasteiger charge is 2.45. The summed E-state index contributed by atoms with van der Waals surface area (Å²) in [5.74, 6) is 0. The van der Waals surface area contributed by atoms with Crippen LogP contribution in [0.1, 0.15) is 107 Å². The van der Waals surface area contributed by atoms with E-state index in [1.165, 1.54) is 88.8 Å². The number of nitrogens with one attached hydrogen (secondary N) is 1. The second-order valence-corrected chi connectivity index (χ2v) is 16.5. The van der Waals surface area contributed by atoms with E-state index >= 15 is 0 Å². The Bertz CT molecular complexity index is 2350. The molecule has 1 heteroatoms. The first-order chi connectivity index (χ1) is 23.4. The highest BCUT2D eigenvalue weighted by Crippen LogP contribution is 2.59. The van der Waals surface area contributed by atoms with Gasteiger partial charge in [0.1, 0.15) is 0 Å². The summed E-state index contributed by atoms with van der Waals surface area (Å²) in [6, 6.07) is 42.0. The predicted octanol–water partition coefficient (Wildman–Crippen LogP) is 12.9. The van der Waals surface area contributed by atoms with Gasteiger partial charge in [0, 0.05) is 27.3 Å². The Morgan fingerprint density at radius 3 is 1.53 bits per heavy atom. The molecule has 0 atom stereocenters. The normalized spacial score (nSPS) is 16.8. The molecule has 0 spiro atoms. The van der Waals surface area contributed by atoms with Crippen molar-refractivity contribution in [3.05, 3.63) is 148 Å². The van der Waals surface area contributed by atoms with Crippen molar-refractivity contribution in [3.63, 3.8) is 0 Å². The predicted molar refractivity (Wildman–Crippen MR) is 209 cm³/mol. The summed E-state index contributed by atoms with van der Waals surface area (Å²) >= 11 is 0. The van der Waals surface area contributed by atoms with Crippen molar-refractivity contribution in [1.82, 2.24) is 0 Å². The van der Waals surface area contributed by atoms with Crippen molar-refractivity contribution in [2.75, 3.05) is 5.32 Å². The molecular formula is C48H47N. The standard InChI is InChI=1S/C48H47N/c1-9-48(10-2,49-44-21-15-17-29-16-11-12-18-31(29)44)30-22-23-33-35-26-43-37(28-41(35)46(5,6)39(33)24-30)36-27-40-34(25-42(36)47(43,7)8)32-19-13-14-20-38(32)45(40,3)4/h11-28,49H,9-10H2,1-8H3. The van der Waals surface area contributed by atoms with Crippen molar-refractivity contribution < 1.29 is 0 Å². The SMILES string of the molecule is CCC(CC)(Nc1cccc2ccccc12)c1ccc2c(c1)C(C)(C)c1cc3c(cc1-2)C(C)(C)c1cc2c(cc1-3)C(C)(C)c1ccccc1-2. The van der Waals surface area contributed by atoms with Gasteiger partial charge in [-0.3, -0.25) is 0 Å². The smallest absolute Gasteiger partial charge is 0.0620 e. The molecular weight excluding hydrogens is 591 g/mol. The molecule has 244 valence electrons. The molecule has 0 radical (unpaired) electrons. The van der Waals surface area contributed by atoms with E-state index in [4.69, 9.17) is 0 Å². The number of anilines is 1. The molecule has 3 aliphatic carbocycles. The molecule has 1 N–H and O–H groups in total. The van der Waals surface area contributed by atoms with Crippen LogP contribution in [0, 0.1) is 0 Å². The average Bonchev–Trinajstić information content (AvgIpc) is 3.58. The summed E-state index contributed by atoms with van der Waals surface area (Å²) in [5, 5.41) is 6.63. The molecule has 6 aromatic carbocycles. The highest BCUT2D eigenvalue weighted by atomic mass is 15.0. The van der Waals surface area contributed by atoms with Gasteiger partial charge in [0.2, 0.25) is 0 Å². The first-order valence-electron chi connectivity index (χ1n) is 18.3. The van der Waals surface area contributed by atoms with Gasteiger partial charge >= 0.3 is 0 Å². The molecule has 0 aromatic heterocycles. The fraction of sp³-hybridized carbons (Fsp3) is 0.292. The van der Waals surface area contributed by atoms with Crippen LogP contribution in [0.25, 0.3) is 44.2 Å². The number of benzene rings is 6. The number of hydrogen-bond acceptors (Lipinski definition) is 1. The fourth-order valence-corrected chi connectivity index (χ4v) is 9.95. The molecule has 0 fully saturated rings. The summed E-state index contributed by atoms with van der Waals surface area (Å²) < 4.78 is 0. The highest BCUT2D eigenvalue weighted by molar-refractivity contribution is 5.95. The van der Waals surface area contributed by atoms with Crippen molar-refractivity contribution in [2.45, 2.75) is 90.0 Å². The van der Waals surface area contributed by atoms with Gasteiger partial charge < -0.3 is 5.32 Å². The molecule has 0 amide bonds. The second kappa shape index (κ2) is 9.97. The molecule has 0 heterocycles. The molecule has 9 rings (SSSR count). The Morgan fingerprint density at radius 2 is 0.918 bits per heavy atom. The van der Waals surface area contributed by atoms with Crippen LogP contribution in [-0.2, 0) is 21.8 Å². The fourth-order valence-electron chi connectivity index (χ4n) is 9.95. The second-order valence-electron chi connectivity index (χ2n) is 16.5. The molecule has 1 nitrogen and oxygen atoms in total. The Labute approximate surface area is 292 Å². The molecule has 0 unspecified atom stereocenters. The van der Waals surface area contributed by atoms with Crippen LogP contribution in [0.3, 0.4) is 0 Å². The molecule has 0 aliphatic heterocycles. The molecule has 6 aromatic rings. The van der Waals surface area contributed by atoms with Crippen molar-refractivity contribution in [3.8, 4) is 33.4 Å². The topological polar surface area (TPSA) is 12.0 Å². The lowest BCUT2D eigenvalue weighted by Crippen LogP contribution is -2.34. The monoisotopic (exact) mass is 637 g/mol. The van der Waals surface area contributed by atoms with Gasteiger partial charge in [0.05, 0.1) is 5.54 Å². The van der Waals surface area contributed by atoms with Gasteiger partial charge in [-0.05, 0) is 121 Å². The maximum atomic E-state index is 4.08. The number of fused-ring (bicyclic) bond motifs is 10. The van der Waals surface area contributed by atoms with Gasteiger partial charge in [0.25, 0.3) is 0 Å². The van der Waals surface area contributed by atoms with Crippen molar-refractivity contribution in [2.24, 2.45) is 0 Å². The van der Waals surface area contributed by atoms with Crippen LogP contribution in [0.4, 0.5) is 5.69 Å². The van der Waals surface area contributed by atoms with Crippen LogP contribution in [0.15, 0.2) is 109 Å². The third-order valence-electron chi connectivity index (χ3n) is 13.1. The summed E-state index contributed by atoms with van der Waals surface area (Å²) in [4.78, 5) is 0. The Balaban J connectivity index is 1.16. The zero-order chi connectivity index (χ0) is 34.1. The van der Waals surface area contributed by atoms with E-state index in [1.54, 1.807) is 0 Å². The Kier molecular flexibility index (Phi) is 6.20.